The number of esters is 1. The molecule has 1 atom stereocenters. The van der Waals surface area contributed by atoms with Crippen molar-refractivity contribution in [2.45, 2.75) is 38.8 Å². The monoisotopic (exact) mass is 225 g/mol. The molecule has 5 heteroatoms. The Morgan fingerprint density at radius 3 is 2.88 bits per heavy atom. The van der Waals surface area contributed by atoms with Crippen molar-refractivity contribution in [1.29, 1.82) is 0 Å². The summed E-state index contributed by atoms with van der Waals surface area (Å²) >= 11 is 0. The molecule has 1 aromatic heterocycles. The lowest BCUT2D eigenvalue weighted by atomic mass is 9.97. The molecular weight excluding hydrogens is 206 g/mol. The van der Waals surface area contributed by atoms with Crippen LogP contribution < -0.4 is 5.73 Å². The van der Waals surface area contributed by atoms with Crippen molar-refractivity contribution in [3.05, 3.63) is 18.2 Å². The second-order valence-electron chi connectivity index (χ2n) is 4.18. The van der Waals surface area contributed by atoms with Crippen LogP contribution in [0.2, 0.25) is 0 Å². The van der Waals surface area contributed by atoms with Crippen molar-refractivity contribution in [2.75, 3.05) is 7.11 Å². The number of ether oxygens (including phenoxy) is 1. The molecule has 0 fully saturated rings. The van der Waals surface area contributed by atoms with Crippen LogP contribution in [0.25, 0.3) is 0 Å². The molecule has 2 N–H and O–H groups in total. The first-order valence-electron chi connectivity index (χ1n) is 5.32. The second kappa shape index (κ2) is 5.12. The zero-order valence-corrected chi connectivity index (χ0v) is 10.1. The number of aryl methyl sites for hydroxylation is 2. The SMILES string of the molecule is COC(=O)C(C)(N)CCCn1ccnc1C. The zero-order chi connectivity index (χ0) is 12.2. The number of imidazole rings is 1. The number of carbonyl (C=O) groups excluding carboxylic acids is 1. The minimum atomic E-state index is -0.900. The fraction of sp³-hybridized carbons (Fsp3) is 0.636. The summed E-state index contributed by atoms with van der Waals surface area (Å²) in [6, 6.07) is 0. The molecule has 5 nitrogen and oxygen atoms in total. The Morgan fingerprint density at radius 2 is 2.38 bits per heavy atom. The Hall–Kier alpha value is -1.36. The van der Waals surface area contributed by atoms with Crippen LogP contribution in [0, 0.1) is 6.92 Å². The van der Waals surface area contributed by atoms with Crippen LogP contribution in [0.4, 0.5) is 0 Å². The van der Waals surface area contributed by atoms with E-state index in [1.54, 1.807) is 13.1 Å². The summed E-state index contributed by atoms with van der Waals surface area (Å²) in [5, 5.41) is 0. The van der Waals surface area contributed by atoms with E-state index in [9.17, 15) is 4.79 Å². The van der Waals surface area contributed by atoms with E-state index < -0.39 is 5.54 Å². The van der Waals surface area contributed by atoms with E-state index in [0.29, 0.717) is 6.42 Å². The molecule has 0 saturated heterocycles. The maximum atomic E-state index is 11.3. The molecule has 0 aliphatic rings. The predicted octanol–water partition coefficient (Wildman–Crippen LogP) is 0.862. The molecule has 1 aromatic rings. The molecule has 0 radical (unpaired) electrons. The van der Waals surface area contributed by atoms with E-state index in [1.165, 1.54) is 7.11 Å². The topological polar surface area (TPSA) is 70.1 Å². The number of hydrogen-bond acceptors (Lipinski definition) is 4. The highest BCUT2D eigenvalue weighted by Gasteiger charge is 2.28. The molecule has 16 heavy (non-hydrogen) atoms. The fourth-order valence-corrected chi connectivity index (χ4v) is 1.59. The molecule has 0 amide bonds. The minimum absolute atomic E-state index is 0.366. The first kappa shape index (κ1) is 12.7. The Morgan fingerprint density at radius 1 is 1.69 bits per heavy atom. The molecule has 0 aliphatic heterocycles. The van der Waals surface area contributed by atoms with Crippen LogP contribution in [0.3, 0.4) is 0 Å². The summed E-state index contributed by atoms with van der Waals surface area (Å²) in [5.74, 6) is 0.603. The number of aromatic nitrogens is 2. The lowest BCUT2D eigenvalue weighted by Gasteiger charge is -2.21. The van der Waals surface area contributed by atoms with Gasteiger partial charge in [0.15, 0.2) is 0 Å². The van der Waals surface area contributed by atoms with Gasteiger partial charge in [0.1, 0.15) is 11.4 Å². The summed E-state index contributed by atoms with van der Waals surface area (Å²) in [4.78, 5) is 15.4. The molecule has 1 rings (SSSR count). The molecule has 0 saturated carbocycles. The normalized spacial score (nSPS) is 14.5. The second-order valence-corrected chi connectivity index (χ2v) is 4.18. The maximum Gasteiger partial charge on any atom is 0.325 e. The first-order chi connectivity index (χ1) is 7.47. The average Bonchev–Trinajstić information content (AvgIpc) is 2.63. The summed E-state index contributed by atoms with van der Waals surface area (Å²) < 4.78 is 6.68. The molecule has 90 valence electrons. The van der Waals surface area contributed by atoms with Gasteiger partial charge in [0, 0.05) is 18.9 Å². The highest BCUT2D eigenvalue weighted by Crippen LogP contribution is 2.12. The van der Waals surface area contributed by atoms with Crippen LogP contribution >= 0.6 is 0 Å². The van der Waals surface area contributed by atoms with Crippen LogP contribution in [-0.2, 0) is 16.1 Å². The van der Waals surface area contributed by atoms with Crippen molar-refractivity contribution < 1.29 is 9.53 Å². The molecule has 0 aliphatic carbocycles. The lowest BCUT2D eigenvalue weighted by molar-refractivity contribution is -0.146. The van der Waals surface area contributed by atoms with Gasteiger partial charge in [-0.3, -0.25) is 4.79 Å². The average molecular weight is 225 g/mol. The number of carbonyl (C=O) groups is 1. The van der Waals surface area contributed by atoms with Gasteiger partial charge in [-0.25, -0.2) is 4.98 Å². The molecule has 1 heterocycles. The van der Waals surface area contributed by atoms with Gasteiger partial charge in [-0.1, -0.05) is 0 Å². The molecule has 0 bridgehead atoms. The Bertz CT molecular complexity index is 358. The maximum absolute atomic E-state index is 11.3. The zero-order valence-electron chi connectivity index (χ0n) is 10.1. The summed E-state index contributed by atoms with van der Waals surface area (Å²) in [6.45, 7) is 4.46. The predicted molar refractivity (Wildman–Crippen MR) is 60.8 cm³/mol. The van der Waals surface area contributed by atoms with Gasteiger partial charge < -0.3 is 15.0 Å². The summed E-state index contributed by atoms with van der Waals surface area (Å²) in [7, 11) is 1.35. The highest BCUT2D eigenvalue weighted by molar-refractivity contribution is 5.79. The standard InChI is InChI=1S/C11H19N3O2/c1-9-13-6-8-14(9)7-4-5-11(2,12)10(15)16-3/h6,8H,4-5,7,12H2,1-3H3. The third-order valence-corrected chi connectivity index (χ3v) is 2.67. The summed E-state index contributed by atoms with van der Waals surface area (Å²) in [5.41, 5.74) is 4.95. The van der Waals surface area contributed by atoms with Crippen LogP contribution in [0.15, 0.2) is 12.4 Å². The van der Waals surface area contributed by atoms with Crippen LogP contribution in [0.1, 0.15) is 25.6 Å². The third-order valence-electron chi connectivity index (χ3n) is 2.67. The molecular formula is C11H19N3O2. The van der Waals surface area contributed by atoms with Crippen LogP contribution in [0.5, 0.6) is 0 Å². The van der Waals surface area contributed by atoms with E-state index in [1.807, 2.05) is 17.7 Å². The molecule has 0 spiro atoms. The van der Waals surface area contributed by atoms with Gasteiger partial charge in [-0.15, -0.1) is 0 Å². The van der Waals surface area contributed by atoms with Gasteiger partial charge in [0.2, 0.25) is 0 Å². The Balaban J connectivity index is 2.41. The quantitative estimate of drug-likeness (QED) is 0.755. The third kappa shape index (κ3) is 3.06. The van der Waals surface area contributed by atoms with E-state index >= 15 is 0 Å². The number of nitrogens with two attached hydrogens (primary N) is 1. The van der Waals surface area contributed by atoms with Crippen molar-refractivity contribution in [1.82, 2.24) is 9.55 Å². The van der Waals surface area contributed by atoms with Crippen molar-refractivity contribution in [2.24, 2.45) is 5.73 Å². The van der Waals surface area contributed by atoms with E-state index in [4.69, 9.17) is 5.73 Å². The van der Waals surface area contributed by atoms with Crippen LogP contribution in [-0.4, -0.2) is 28.2 Å². The molecule has 0 aromatic carbocycles. The van der Waals surface area contributed by atoms with E-state index in [-0.39, 0.29) is 5.97 Å². The van der Waals surface area contributed by atoms with Crippen molar-refractivity contribution in [3.63, 3.8) is 0 Å². The number of hydrogen-bond donors (Lipinski definition) is 1. The summed E-state index contributed by atoms with van der Waals surface area (Å²) in [6.07, 6.45) is 5.09. The highest BCUT2D eigenvalue weighted by atomic mass is 16.5. The van der Waals surface area contributed by atoms with Gasteiger partial charge in [-0.05, 0) is 26.7 Å². The van der Waals surface area contributed by atoms with Crippen molar-refractivity contribution >= 4 is 5.97 Å². The Kier molecular flexibility index (Phi) is 4.06. The molecule has 1 unspecified atom stereocenters. The van der Waals surface area contributed by atoms with Gasteiger partial charge in [0.05, 0.1) is 7.11 Å². The number of nitrogens with zero attached hydrogens (tertiary/aromatic N) is 2. The van der Waals surface area contributed by atoms with Gasteiger partial charge >= 0.3 is 5.97 Å². The lowest BCUT2D eigenvalue weighted by Crippen LogP contribution is -2.45. The fourth-order valence-electron chi connectivity index (χ4n) is 1.59. The van der Waals surface area contributed by atoms with Crippen molar-refractivity contribution in [3.8, 4) is 0 Å². The van der Waals surface area contributed by atoms with Gasteiger partial charge in [0.25, 0.3) is 0 Å². The minimum Gasteiger partial charge on any atom is -0.468 e. The van der Waals surface area contributed by atoms with E-state index in [0.717, 1.165) is 18.8 Å². The van der Waals surface area contributed by atoms with E-state index in [2.05, 4.69) is 9.72 Å². The number of methoxy groups -OCH3 is 1. The largest absolute Gasteiger partial charge is 0.468 e. The smallest absolute Gasteiger partial charge is 0.325 e. The number of rotatable bonds is 5. The van der Waals surface area contributed by atoms with Gasteiger partial charge in [-0.2, -0.15) is 0 Å². The Labute approximate surface area is 95.6 Å². The first-order valence-corrected chi connectivity index (χ1v) is 5.32.